The van der Waals surface area contributed by atoms with E-state index in [4.69, 9.17) is 4.74 Å². The van der Waals surface area contributed by atoms with E-state index in [1.807, 2.05) is 6.07 Å². The second-order valence-electron chi connectivity index (χ2n) is 4.59. The Hall–Kier alpha value is -0.980. The van der Waals surface area contributed by atoms with Crippen LogP contribution in [0.2, 0.25) is 0 Å². The maximum Gasteiger partial charge on any atom is 0.119 e. The zero-order valence-corrected chi connectivity index (χ0v) is 10.3. The largest absolute Gasteiger partial charge is 0.493 e. The SMILES string of the molecule is CCC(C)c1cccc(OCC(C)C)c1. The molecule has 0 saturated heterocycles. The second-order valence-corrected chi connectivity index (χ2v) is 4.59. The number of rotatable bonds is 5. The van der Waals surface area contributed by atoms with E-state index < -0.39 is 0 Å². The highest BCUT2D eigenvalue weighted by Crippen LogP contribution is 2.23. The smallest absolute Gasteiger partial charge is 0.119 e. The molecule has 1 heteroatoms. The standard InChI is InChI=1S/C14H22O/c1-5-12(4)13-7-6-8-14(9-13)15-10-11(2)3/h6-9,11-12H,5,10H2,1-4H3. The maximum absolute atomic E-state index is 5.70. The first-order chi connectivity index (χ1) is 7.13. The van der Waals surface area contributed by atoms with Gasteiger partial charge in [0.15, 0.2) is 0 Å². The maximum atomic E-state index is 5.70. The van der Waals surface area contributed by atoms with Gasteiger partial charge in [-0.05, 0) is 36.0 Å². The molecular formula is C14H22O. The second kappa shape index (κ2) is 5.79. The molecule has 0 bridgehead atoms. The first-order valence-electron chi connectivity index (χ1n) is 5.86. The van der Waals surface area contributed by atoms with Gasteiger partial charge in [0, 0.05) is 0 Å². The molecule has 0 N–H and O–H groups in total. The van der Waals surface area contributed by atoms with Crippen LogP contribution < -0.4 is 4.74 Å². The number of ether oxygens (including phenoxy) is 1. The summed E-state index contributed by atoms with van der Waals surface area (Å²) in [5.74, 6) is 2.20. The average Bonchev–Trinajstić information content (AvgIpc) is 2.25. The van der Waals surface area contributed by atoms with Gasteiger partial charge in [-0.3, -0.25) is 0 Å². The highest BCUT2D eigenvalue weighted by Gasteiger charge is 2.04. The number of benzene rings is 1. The Labute approximate surface area is 93.5 Å². The van der Waals surface area contributed by atoms with E-state index in [1.165, 1.54) is 12.0 Å². The van der Waals surface area contributed by atoms with Crippen molar-refractivity contribution in [2.24, 2.45) is 5.92 Å². The van der Waals surface area contributed by atoms with Gasteiger partial charge in [-0.1, -0.05) is 39.8 Å². The normalized spacial score (nSPS) is 12.9. The molecule has 0 heterocycles. The molecule has 0 aliphatic carbocycles. The van der Waals surface area contributed by atoms with Gasteiger partial charge in [-0.15, -0.1) is 0 Å². The zero-order valence-electron chi connectivity index (χ0n) is 10.3. The summed E-state index contributed by atoms with van der Waals surface area (Å²) < 4.78 is 5.70. The Morgan fingerprint density at radius 3 is 2.53 bits per heavy atom. The van der Waals surface area contributed by atoms with Crippen molar-refractivity contribution in [1.82, 2.24) is 0 Å². The van der Waals surface area contributed by atoms with Crippen molar-refractivity contribution < 1.29 is 4.74 Å². The van der Waals surface area contributed by atoms with Crippen molar-refractivity contribution in [2.45, 2.75) is 40.0 Å². The highest BCUT2D eigenvalue weighted by atomic mass is 16.5. The van der Waals surface area contributed by atoms with Crippen LogP contribution in [0.1, 0.15) is 45.6 Å². The van der Waals surface area contributed by atoms with E-state index in [2.05, 4.69) is 45.9 Å². The molecule has 1 rings (SSSR count). The van der Waals surface area contributed by atoms with Gasteiger partial charge >= 0.3 is 0 Å². The minimum absolute atomic E-state index is 0.581. The lowest BCUT2D eigenvalue weighted by atomic mass is 9.99. The van der Waals surface area contributed by atoms with Crippen LogP contribution in [0.3, 0.4) is 0 Å². The van der Waals surface area contributed by atoms with Crippen molar-refractivity contribution in [3.05, 3.63) is 29.8 Å². The summed E-state index contributed by atoms with van der Waals surface area (Å²) in [6, 6.07) is 8.46. The zero-order chi connectivity index (χ0) is 11.3. The van der Waals surface area contributed by atoms with Crippen LogP contribution in [-0.4, -0.2) is 6.61 Å². The third kappa shape index (κ3) is 3.94. The predicted octanol–water partition coefficient (Wildman–Crippen LogP) is 4.23. The van der Waals surface area contributed by atoms with Gasteiger partial charge in [-0.2, -0.15) is 0 Å². The van der Waals surface area contributed by atoms with Crippen LogP contribution in [0.4, 0.5) is 0 Å². The third-order valence-corrected chi connectivity index (χ3v) is 2.62. The van der Waals surface area contributed by atoms with Crippen molar-refractivity contribution in [3.63, 3.8) is 0 Å². The van der Waals surface area contributed by atoms with Crippen LogP contribution in [-0.2, 0) is 0 Å². The van der Waals surface area contributed by atoms with Crippen LogP contribution in [0.5, 0.6) is 5.75 Å². The molecule has 0 aromatic heterocycles. The van der Waals surface area contributed by atoms with Crippen LogP contribution in [0.15, 0.2) is 24.3 Å². The van der Waals surface area contributed by atoms with Crippen molar-refractivity contribution in [2.75, 3.05) is 6.61 Å². The fourth-order valence-electron chi connectivity index (χ4n) is 1.41. The molecule has 1 nitrogen and oxygen atoms in total. The summed E-state index contributed by atoms with van der Waals surface area (Å²) in [6.07, 6.45) is 1.17. The predicted molar refractivity (Wildman–Crippen MR) is 65.5 cm³/mol. The molecule has 1 aromatic rings. The summed E-state index contributed by atoms with van der Waals surface area (Å²) in [5.41, 5.74) is 1.37. The van der Waals surface area contributed by atoms with Crippen molar-refractivity contribution in [3.8, 4) is 5.75 Å². The summed E-state index contributed by atoms with van der Waals surface area (Å²) in [4.78, 5) is 0. The molecule has 1 aromatic carbocycles. The van der Waals surface area contributed by atoms with E-state index in [0.717, 1.165) is 12.4 Å². The third-order valence-electron chi connectivity index (χ3n) is 2.62. The molecule has 0 aliphatic rings. The van der Waals surface area contributed by atoms with E-state index in [0.29, 0.717) is 11.8 Å². The lowest BCUT2D eigenvalue weighted by Gasteiger charge is -2.12. The van der Waals surface area contributed by atoms with Gasteiger partial charge in [0.1, 0.15) is 5.75 Å². The molecule has 15 heavy (non-hydrogen) atoms. The van der Waals surface area contributed by atoms with Gasteiger partial charge < -0.3 is 4.74 Å². The van der Waals surface area contributed by atoms with Crippen LogP contribution in [0.25, 0.3) is 0 Å². The van der Waals surface area contributed by atoms with Gasteiger partial charge in [0.2, 0.25) is 0 Å². The Morgan fingerprint density at radius 1 is 1.20 bits per heavy atom. The minimum Gasteiger partial charge on any atom is -0.493 e. The number of hydrogen-bond acceptors (Lipinski definition) is 1. The Kier molecular flexibility index (Phi) is 4.67. The lowest BCUT2D eigenvalue weighted by molar-refractivity contribution is 0.270. The molecule has 1 unspecified atom stereocenters. The molecular weight excluding hydrogens is 184 g/mol. The monoisotopic (exact) mass is 206 g/mol. The van der Waals surface area contributed by atoms with Gasteiger partial charge in [0.25, 0.3) is 0 Å². The van der Waals surface area contributed by atoms with Gasteiger partial charge in [0.05, 0.1) is 6.61 Å². The first kappa shape index (κ1) is 12.1. The van der Waals surface area contributed by atoms with Crippen LogP contribution >= 0.6 is 0 Å². The molecule has 1 atom stereocenters. The van der Waals surface area contributed by atoms with Crippen LogP contribution in [0, 0.1) is 5.92 Å². The fraction of sp³-hybridized carbons (Fsp3) is 0.571. The van der Waals surface area contributed by atoms with Crippen molar-refractivity contribution >= 4 is 0 Å². The molecule has 0 aliphatic heterocycles. The fourth-order valence-corrected chi connectivity index (χ4v) is 1.41. The summed E-state index contributed by atoms with van der Waals surface area (Å²) >= 11 is 0. The van der Waals surface area contributed by atoms with E-state index in [9.17, 15) is 0 Å². The number of hydrogen-bond donors (Lipinski definition) is 0. The van der Waals surface area contributed by atoms with E-state index >= 15 is 0 Å². The minimum atomic E-state index is 0.581. The summed E-state index contributed by atoms with van der Waals surface area (Å²) in [6.45, 7) is 9.59. The average molecular weight is 206 g/mol. The Balaban J connectivity index is 2.65. The lowest BCUT2D eigenvalue weighted by Crippen LogP contribution is -2.04. The van der Waals surface area contributed by atoms with E-state index in [-0.39, 0.29) is 0 Å². The first-order valence-corrected chi connectivity index (χ1v) is 5.86. The highest BCUT2D eigenvalue weighted by molar-refractivity contribution is 5.30. The van der Waals surface area contributed by atoms with E-state index in [1.54, 1.807) is 0 Å². The quantitative estimate of drug-likeness (QED) is 0.700. The topological polar surface area (TPSA) is 9.23 Å². The Bertz CT molecular complexity index is 291. The molecule has 0 saturated carbocycles. The Morgan fingerprint density at radius 2 is 1.93 bits per heavy atom. The summed E-state index contributed by atoms with van der Waals surface area (Å²) in [7, 11) is 0. The molecule has 0 fully saturated rings. The van der Waals surface area contributed by atoms with Gasteiger partial charge in [-0.25, -0.2) is 0 Å². The van der Waals surface area contributed by atoms with Crippen molar-refractivity contribution in [1.29, 1.82) is 0 Å². The molecule has 0 amide bonds. The molecule has 0 spiro atoms. The molecule has 84 valence electrons. The molecule has 0 radical (unpaired) electrons. The summed E-state index contributed by atoms with van der Waals surface area (Å²) in [5, 5.41) is 0.